The van der Waals surface area contributed by atoms with Gasteiger partial charge in [-0.15, -0.1) is 0 Å². The Kier molecular flexibility index (Phi) is 4.41. The van der Waals surface area contributed by atoms with Crippen LogP contribution in [-0.2, 0) is 11.3 Å². The van der Waals surface area contributed by atoms with E-state index in [1.54, 1.807) is 4.90 Å². The highest BCUT2D eigenvalue weighted by molar-refractivity contribution is 5.98. The summed E-state index contributed by atoms with van der Waals surface area (Å²) >= 11 is 0. The number of carbonyl (C=O) groups is 1. The van der Waals surface area contributed by atoms with E-state index in [-0.39, 0.29) is 5.91 Å². The van der Waals surface area contributed by atoms with Crippen LogP contribution in [0.5, 0.6) is 0 Å². The molecule has 0 spiro atoms. The Morgan fingerprint density at radius 2 is 1.69 bits per heavy atom. The van der Waals surface area contributed by atoms with Gasteiger partial charge in [0.05, 0.1) is 12.2 Å². The topological polar surface area (TPSA) is 51.0 Å². The van der Waals surface area contributed by atoms with Crippen molar-refractivity contribution in [1.82, 2.24) is 14.8 Å². The predicted octanol–water partition coefficient (Wildman–Crippen LogP) is 4.40. The van der Waals surface area contributed by atoms with Crippen LogP contribution < -0.4 is 4.90 Å². The van der Waals surface area contributed by atoms with Crippen LogP contribution in [-0.4, -0.2) is 27.2 Å². The molecule has 0 aliphatic carbocycles. The highest BCUT2D eigenvalue weighted by Crippen LogP contribution is 2.25. The van der Waals surface area contributed by atoms with E-state index in [2.05, 4.69) is 41.4 Å². The first-order chi connectivity index (χ1) is 14.3. The second-order valence-corrected chi connectivity index (χ2v) is 7.17. The number of nitrogens with zero attached hydrogens (tertiary/aromatic N) is 4. The molecule has 5 rings (SSSR count). The van der Waals surface area contributed by atoms with Gasteiger partial charge in [0.1, 0.15) is 5.82 Å². The molecule has 1 fully saturated rings. The summed E-state index contributed by atoms with van der Waals surface area (Å²) < 4.78 is 1.91. The van der Waals surface area contributed by atoms with E-state index in [9.17, 15) is 4.79 Å². The predicted molar refractivity (Wildman–Crippen MR) is 113 cm³/mol. The largest absolute Gasteiger partial charge is 0.296 e. The lowest BCUT2D eigenvalue weighted by atomic mass is 10.0. The summed E-state index contributed by atoms with van der Waals surface area (Å²) in [5.41, 5.74) is 5.46. The number of aromatic nitrogens is 3. The number of rotatable bonds is 5. The third kappa shape index (κ3) is 3.55. The average Bonchev–Trinajstić information content (AvgIpc) is 3.23. The van der Waals surface area contributed by atoms with Gasteiger partial charge in [0.15, 0.2) is 0 Å². The number of hydrogen-bond acceptors (Lipinski definition) is 3. The van der Waals surface area contributed by atoms with E-state index in [1.807, 2.05) is 53.5 Å². The molecule has 0 atom stereocenters. The molecule has 1 aliphatic heterocycles. The minimum absolute atomic E-state index is 0.139. The number of anilines is 1. The Hall–Kier alpha value is -3.73. The normalized spacial score (nSPS) is 13.4. The van der Waals surface area contributed by atoms with E-state index in [0.717, 1.165) is 29.2 Å². The smallest absolute Gasteiger partial charge is 0.229 e. The zero-order valence-electron chi connectivity index (χ0n) is 15.9. The van der Waals surface area contributed by atoms with Gasteiger partial charge in [0, 0.05) is 30.9 Å². The first-order valence-corrected chi connectivity index (χ1v) is 9.71. The standard InChI is InChI=1S/C24H20N4O/c29-24-12-14-28(24)23-10-9-18(16-25-23)17-27-13-11-22(26-27)21-8-4-7-20(15-21)19-5-2-1-3-6-19/h1-11,13,15-16H,12,14,17H2. The SMILES string of the molecule is O=C1CCN1c1ccc(Cn2ccc(-c3cccc(-c4ccccc4)c3)n2)cn1. The van der Waals surface area contributed by atoms with E-state index < -0.39 is 0 Å². The van der Waals surface area contributed by atoms with E-state index >= 15 is 0 Å². The van der Waals surface area contributed by atoms with Crippen molar-refractivity contribution in [2.45, 2.75) is 13.0 Å². The summed E-state index contributed by atoms with van der Waals surface area (Å²) in [5.74, 6) is 0.864. The van der Waals surface area contributed by atoms with Crippen LogP contribution in [0, 0.1) is 0 Å². The van der Waals surface area contributed by atoms with Gasteiger partial charge in [-0.3, -0.25) is 14.4 Å². The summed E-state index contributed by atoms with van der Waals surface area (Å²) in [6, 6.07) is 24.7. The second-order valence-electron chi connectivity index (χ2n) is 7.17. The van der Waals surface area contributed by atoms with Gasteiger partial charge < -0.3 is 0 Å². The summed E-state index contributed by atoms with van der Waals surface area (Å²) in [6.07, 6.45) is 4.42. The maximum absolute atomic E-state index is 11.5. The van der Waals surface area contributed by atoms with Gasteiger partial charge in [0.2, 0.25) is 5.91 Å². The second kappa shape index (κ2) is 7.36. The fourth-order valence-corrected chi connectivity index (χ4v) is 3.51. The van der Waals surface area contributed by atoms with Gasteiger partial charge in [-0.25, -0.2) is 4.98 Å². The Morgan fingerprint density at radius 3 is 2.41 bits per heavy atom. The van der Waals surface area contributed by atoms with Gasteiger partial charge in [-0.1, -0.05) is 54.6 Å². The highest BCUT2D eigenvalue weighted by Gasteiger charge is 2.25. The first-order valence-electron chi connectivity index (χ1n) is 9.71. The molecule has 5 heteroatoms. The number of pyridine rings is 1. The third-order valence-corrected chi connectivity index (χ3v) is 5.19. The van der Waals surface area contributed by atoms with Crippen molar-refractivity contribution >= 4 is 11.7 Å². The van der Waals surface area contributed by atoms with Crippen molar-refractivity contribution in [3.05, 3.63) is 90.8 Å². The molecule has 0 N–H and O–H groups in total. The van der Waals surface area contributed by atoms with Crippen molar-refractivity contribution in [3.63, 3.8) is 0 Å². The fraction of sp³-hybridized carbons (Fsp3) is 0.125. The quantitative estimate of drug-likeness (QED) is 0.482. The van der Waals surface area contributed by atoms with Crippen molar-refractivity contribution in [2.24, 2.45) is 0 Å². The summed E-state index contributed by atoms with van der Waals surface area (Å²) in [7, 11) is 0. The Balaban J connectivity index is 1.33. The van der Waals surface area contributed by atoms with Crippen molar-refractivity contribution in [3.8, 4) is 22.4 Å². The molecule has 1 aliphatic rings. The molecule has 2 aromatic heterocycles. The zero-order chi connectivity index (χ0) is 19.6. The average molecular weight is 380 g/mol. The van der Waals surface area contributed by atoms with Crippen LogP contribution in [0.1, 0.15) is 12.0 Å². The van der Waals surface area contributed by atoms with Gasteiger partial charge in [-0.05, 0) is 34.9 Å². The monoisotopic (exact) mass is 380 g/mol. The molecule has 5 nitrogen and oxygen atoms in total. The van der Waals surface area contributed by atoms with Crippen LogP contribution in [0.4, 0.5) is 5.82 Å². The first kappa shape index (κ1) is 17.4. The zero-order valence-corrected chi connectivity index (χ0v) is 15.9. The molecule has 3 heterocycles. The molecule has 1 saturated heterocycles. The molecule has 142 valence electrons. The van der Waals surface area contributed by atoms with E-state index in [4.69, 9.17) is 5.10 Å². The highest BCUT2D eigenvalue weighted by atomic mass is 16.2. The number of β-lactam (4-membered cyclic amide) rings is 1. The minimum atomic E-state index is 0.139. The van der Waals surface area contributed by atoms with Crippen molar-refractivity contribution in [2.75, 3.05) is 11.4 Å². The van der Waals surface area contributed by atoms with Gasteiger partial charge in [0.25, 0.3) is 0 Å². The molecule has 0 radical (unpaired) electrons. The lowest BCUT2D eigenvalue weighted by Crippen LogP contribution is -2.43. The number of carbonyl (C=O) groups excluding carboxylic acids is 1. The molecule has 0 unspecified atom stereocenters. The van der Waals surface area contributed by atoms with Crippen LogP contribution in [0.3, 0.4) is 0 Å². The fourth-order valence-electron chi connectivity index (χ4n) is 3.51. The van der Waals surface area contributed by atoms with Crippen molar-refractivity contribution in [1.29, 1.82) is 0 Å². The summed E-state index contributed by atoms with van der Waals surface area (Å²) in [5, 5.41) is 4.73. The molecule has 2 aromatic carbocycles. The summed E-state index contributed by atoms with van der Waals surface area (Å²) in [4.78, 5) is 17.7. The number of amides is 1. The molecule has 0 bridgehead atoms. The van der Waals surface area contributed by atoms with Gasteiger partial charge in [-0.2, -0.15) is 5.10 Å². The maximum Gasteiger partial charge on any atom is 0.229 e. The third-order valence-electron chi connectivity index (χ3n) is 5.19. The molecular formula is C24H20N4O. The Morgan fingerprint density at radius 1 is 0.862 bits per heavy atom. The molecular weight excluding hydrogens is 360 g/mol. The Labute approximate surface area is 169 Å². The van der Waals surface area contributed by atoms with Gasteiger partial charge >= 0.3 is 0 Å². The molecule has 1 amide bonds. The minimum Gasteiger partial charge on any atom is -0.296 e. The summed E-state index contributed by atoms with van der Waals surface area (Å²) in [6.45, 7) is 1.40. The molecule has 4 aromatic rings. The van der Waals surface area contributed by atoms with E-state index in [1.165, 1.54) is 11.1 Å². The maximum atomic E-state index is 11.5. The molecule has 0 saturated carbocycles. The van der Waals surface area contributed by atoms with Crippen molar-refractivity contribution < 1.29 is 4.79 Å². The Bertz CT molecular complexity index is 1150. The number of benzene rings is 2. The van der Waals surface area contributed by atoms with Crippen LogP contribution in [0.25, 0.3) is 22.4 Å². The molecule has 29 heavy (non-hydrogen) atoms. The lowest BCUT2D eigenvalue weighted by molar-refractivity contribution is -0.122. The number of hydrogen-bond donors (Lipinski definition) is 0. The van der Waals surface area contributed by atoms with Crippen LogP contribution in [0.15, 0.2) is 85.2 Å². The van der Waals surface area contributed by atoms with Crippen LogP contribution >= 0.6 is 0 Å². The van der Waals surface area contributed by atoms with E-state index in [0.29, 0.717) is 13.0 Å². The van der Waals surface area contributed by atoms with Crippen LogP contribution in [0.2, 0.25) is 0 Å². The lowest BCUT2D eigenvalue weighted by Gasteiger charge is -2.29.